The maximum absolute atomic E-state index is 11.6. The van der Waals surface area contributed by atoms with Gasteiger partial charge in [-0.3, -0.25) is 19.2 Å². The SMILES string of the molecule is C=CCOOCC1OC(OC(C)=O)C(OC(C)=O)C(OC(C)=O)C1OC(C)=O. The van der Waals surface area contributed by atoms with E-state index in [4.69, 9.17) is 33.5 Å². The topological polar surface area (TPSA) is 133 Å². The summed E-state index contributed by atoms with van der Waals surface area (Å²) >= 11 is 0. The number of carbonyl (C=O) groups is 4. The van der Waals surface area contributed by atoms with Crippen molar-refractivity contribution >= 4 is 23.9 Å². The summed E-state index contributed by atoms with van der Waals surface area (Å²) in [7, 11) is 0. The van der Waals surface area contributed by atoms with E-state index in [0.717, 1.165) is 27.7 Å². The van der Waals surface area contributed by atoms with Gasteiger partial charge in [0.15, 0.2) is 12.2 Å². The van der Waals surface area contributed by atoms with Crippen LogP contribution in [0.4, 0.5) is 0 Å². The lowest BCUT2D eigenvalue weighted by atomic mass is 9.98. The van der Waals surface area contributed by atoms with Crippen molar-refractivity contribution in [3.8, 4) is 0 Å². The summed E-state index contributed by atoms with van der Waals surface area (Å²) in [4.78, 5) is 55.9. The first-order chi connectivity index (χ1) is 13.1. The Morgan fingerprint density at radius 2 is 1.29 bits per heavy atom. The van der Waals surface area contributed by atoms with Gasteiger partial charge in [0.25, 0.3) is 0 Å². The van der Waals surface area contributed by atoms with Crippen LogP contribution in [0.2, 0.25) is 0 Å². The molecule has 0 saturated carbocycles. The predicted octanol–water partition coefficient (Wildman–Crippen LogP) is 0.204. The Morgan fingerprint density at radius 1 is 0.786 bits per heavy atom. The van der Waals surface area contributed by atoms with E-state index in [1.807, 2.05) is 0 Å². The smallest absolute Gasteiger partial charge is 0.305 e. The zero-order valence-corrected chi connectivity index (χ0v) is 16.1. The molecule has 0 aromatic rings. The van der Waals surface area contributed by atoms with Gasteiger partial charge >= 0.3 is 23.9 Å². The maximum Gasteiger partial charge on any atom is 0.305 e. The van der Waals surface area contributed by atoms with Crippen LogP contribution in [-0.2, 0) is 52.6 Å². The lowest BCUT2D eigenvalue weighted by Crippen LogP contribution is -2.63. The molecule has 5 unspecified atom stereocenters. The zero-order valence-electron chi connectivity index (χ0n) is 16.1. The quantitative estimate of drug-likeness (QED) is 0.130. The predicted molar refractivity (Wildman–Crippen MR) is 89.2 cm³/mol. The third-order valence-corrected chi connectivity index (χ3v) is 3.28. The number of hydrogen-bond donors (Lipinski definition) is 0. The highest BCUT2D eigenvalue weighted by Crippen LogP contribution is 2.30. The van der Waals surface area contributed by atoms with Gasteiger partial charge in [-0.2, -0.15) is 0 Å². The van der Waals surface area contributed by atoms with E-state index < -0.39 is 54.6 Å². The zero-order chi connectivity index (χ0) is 21.3. The average molecular weight is 404 g/mol. The van der Waals surface area contributed by atoms with Crippen LogP contribution in [0.1, 0.15) is 27.7 Å². The highest BCUT2D eigenvalue weighted by Gasteiger charge is 2.53. The van der Waals surface area contributed by atoms with Gasteiger partial charge in [-0.1, -0.05) is 6.08 Å². The molecule has 0 bridgehead atoms. The van der Waals surface area contributed by atoms with Crippen LogP contribution < -0.4 is 0 Å². The minimum absolute atomic E-state index is 0.0712. The van der Waals surface area contributed by atoms with Crippen molar-refractivity contribution in [2.75, 3.05) is 13.2 Å². The minimum Gasteiger partial charge on any atom is -0.456 e. The molecule has 11 heteroatoms. The molecule has 1 saturated heterocycles. The van der Waals surface area contributed by atoms with Gasteiger partial charge < -0.3 is 23.7 Å². The summed E-state index contributed by atoms with van der Waals surface area (Å²) < 4.78 is 26.2. The Kier molecular flexibility index (Phi) is 9.56. The number of hydrogen-bond acceptors (Lipinski definition) is 11. The van der Waals surface area contributed by atoms with Crippen LogP contribution in [0.3, 0.4) is 0 Å². The van der Waals surface area contributed by atoms with Gasteiger partial charge in [-0.05, 0) is 0 Å². The molecule has 0 radical (unpaired) electrons. The monoisotopic (exact) mass is 404 g/mol. The highest BCUT2D eigenvalue weighted by molar-refractivity contribution is 5.69. The van der Waals surface area contributed by atoms with Crippen molar-refractivity contribution in [2.45, 2.75) is 58.4 Å². The molecular weight excluding hydrogens is 380 g/mol. The second kappa shape index (κ2) is 11.4. The highest BCUT2D eigenvalue weighted by atomic mass is 17.2. The molecule has 158 valence electrons. The van der Waals surface area contributed by atoms with Crippen LogP contribution >= 0.6 is 0 Å². The first kappa shape index (κ1) is 23.5. The number of ether oxygens (including phenoxy) is 5. The van der Waals surface area contributed by atoms with Crippen LogP contribution in [-0.4, -0.2) is 67.8 Å². The molecule has 1 aliphatic rings. The molecular formula is C17H24O11. The Labute approximate surface area is 161 Å². The molecule has 0 aromatic heterocycles. The van der Waals surface area contributed by atoms with E-state index in [1.165, 1.54) is 6.08 Å². The molecule has 0 amide bonds. The molecule has 1 fully saturated rings. The molecule has 5 atom stereocenters. The first-order valence-electron chi connectivity index (χ1n) is 8.35. The normalized spacial score (nSPS) is 26.6. The fourth-order valence-corrected chi connectivity index (χ4v) is 2.46. The first-order valence-corrected chi connectivity index (χ1v) is 8.35. The van der Waals surface area contributed by atoms with E-state index in [0.29, 0.717) is 0 Å². The second-order valence-corrected chi connectivity index (χ2v) is 5.73. The molecule has 0 N–H and O–H groups in total. The third kappa shape index (κ3) is 7.62. The van der Waals surface area contributed by atoms with E-state index >= 15 is 0 Å². The molecule has 0 spiro atoms. The van der Waals surface area contributed by atoms with Gasteiger partial charge in [-0.15, -0.1) is 6.58 Å². The van der Waals surface area contributed by atoms with E-state index in [1.54, 1.807) is 0 Å². The minimum atomic E-state index is -1.44. The third-order valence-electron chi connectivity index (χ3n) is 3.28. The van der Waals surface area contributed by atoms with Gasteiger partial charge in [0, 0.05) is 27.7 Å². The summed E-state index contributed by atoms with van der Waals surface area (Å²) in [6, 6.07) is 0. The van der Waals surface area contributed by atoms with Crippen molar-refractivity contribution in [1.82, 2.24) is 0 Å². The van der Waals surface area contributed by atoms with Crippen molar-refractivity contribution < 1.29 is 52.6 Å². The molecule has 0 aromatic carbocycles. The molecule has 28 heavy (non-hydrogen) atoms. The van der Waals surface area contributed by atoms with E-state index in [9.17, 15) is 19.2 Å². The van der Waals surface area contributed by atoms with Crippen molar-refractivity contribution in [2.24, 2.45) is 0 Å². The fraction of sp³-hybridized carbons (Fsp3) is 0.647. The summed E-state index contributed by atoms with van der Waals surface area (Å²) in [6.07, 6.45) is -5.01. The van der Waals surface area contributed by atoms with Gasteiger partial charge in [0.1, 0.15) is 19.3 Å². The van der Waals surface area contributed by atoms with Gasteiger partial charge in [-0.25, -0.2) is 9.78 Å². The Morgan fingerprint density at radius 3 is 1.79 bits per heavy atom. The molecule has 0 aliphatic carbocycles. The fourth-order valence-electron chi connectivity index (χ4n) is 2.46. The summed E-state index contributed by atoms with van der Waals surface area (Å²) in [5, 5.41) is 0. The van der Waals surface area contributed by atoms with Crippen LogP contribution in [0.25, 0.3) is 0 Å². The average Bonchev–Trinajstić information content (AvgIpc) is 2.56. The number of carbonyl (C=O) groups excluding carboxylic acids is 4. The lowest BCUT2D eigenvalue weighted by Gasteiger charge is -2.43. The van der Waals surface area contributed by atoms with Crippen molar-refractivity contribution in [3.05, 3.63) is 12.7 Å². The van der Waals surface area contributed by atoms with E-state index in [2.05, 4.69) is 6.58 Å². The summed E-state index contributed by atoms with van der Waals surface area (Å²) in [5.74, 6) is -2.95. The molecule has 11 nitrogen and oxygen atoms in total. The van der Waals surface area contributed by atoms with Crippen LogP contribution in [0.5, 0.6) is 0 Å². The number of rotatable bonds is 9. The lowest BCUT2D eigenvalue weighted by molar-refractivity contribution is -0.342. The Bertz CT molecular complexity index is 588. The molecule has 1 aliphatic heterocycles. The van der Waals surface area contributed by atoms with Gasteiger partial charge in [0.05, 0.1) is 0 Å². The summed E-state index contributed by atoms with van der Waals surface area (Å²) in [6.45, 7) is 7.72. The largest absolute Gasteiger partial charge is 0.456 e. The maximum atomic E-state index is 11.6. The molecule has 1 heterocycles. The Balaban J connectivity index is 3.20. The Hall–Kier alpha value is -2.50. The van der Waals surface area contributed by atoms with Crippen LogP contribution in [0.15, 0.2) is 12.7 Å². The molecule has 1 rings (SSSR count). The summed E-state index contributed by atoms with van der Waals surface area (Å²) in [5.41, 5.74) is 0. The van der Waals surface area contributed by atoms with Gasteiger partial charge in [0.2, 0.25) is 12.4 Å². The van der Waals surface area contributed by atoms with Crippen molar-refractivity contribution in [3.63, 3.8) is 0 Å². The standard InChI is InChI=1S/C17H24O11/c1-6-7-22-23-8-13-14(24-9(2)18)15(25-10(3)19)16(26-11(4)20)17(28-13)27-12(5)21/h6,13-17H,1,7-8H2,2-5H3. The van der Waals surface area contributed by atoms with Crippen LogP contribution in [0, 0.1) is 0 Å². The second-order valence-electron chi connectivity index (χ2n) is 5.73. The van der Waals surface area contributed by atoms with E-state index in [-0.39, 0.29) is 13.2 Å². The van der Waals surface area contributed by atoms with Crippen molar-refractivity contribution in [1.29, 1.82) is 0 Å². The number of esters is 4.